The summed E-state index contributed by atoms with van der Waals surface area (Å²) < 4.78 is 7.67. The lowest BCUT2D eigenvalue weighted by molar-refractivity contribution is 0.393. The van der Waals surface area contributed by atoms with Gasteiger partial charge in [-0.3, -0.25) is 0 Å². The molecule has 1 aliphatic rings. The van der Waals surface area contributed by atoms with E-state index >= 15 is 0 Å². The van der Waals surface area contributed by atoms with Crippen molar-refractivity contribution >= 4 is 11.2 Å². The number of pyridine rings is 1. The molecule has 1 aliphatic carbocycles. The largest absolute Gasteiger partial charge is 0.361 e. The third kappa shape index (κ3) is 2.51. The van der Waals surface area contributed by atoms with Crippen molar-refractivity contribution < 1.29 is 4.52 Å². The van der Waals surface area contributed by atoms with E-state index in [1.807, 2.05) is 20.0 Å². The summed E-state index contributed by atoms with van der Waals surface area (Å²) >= 11 is 0. The van der Waals surface area contributed by atoms with E-state index in [9.17, 15) is 0 Å². The number of benzene rings is 1. The van der Waals surface area contributed by atoms with Crippen LogP contribution in [0.25, 0.3) is 22.3 Å². The Morgan fingerprint density at radius 1 is 1.15 bits per heavy atom. The van der Waals surface area contributed by atoms with Crippen LogP contribution in [0.5, 0.6) is 0 Å². The molecule has 3 aromatic heterocycles. The molecule has 0 bridgehead atoms. The molecule has 0 aliphatic heterocycles. The van der Waals surface area contributed by atoms with Crippen molar-refractivity contribution in [3.63, 3.8) is 0 Å². The molecule has 0 N–H and O–H groups in total. The molecular formula is C21H20N4O. The quantitative estimate of drug-likeness (QED) is 0.542. The molecule has 0 atom stereocenters. The highest BCUT2D eigenvalue weighted by atomic mass is 16.5. The van der Waals surface area contributed by atoms with E-state index in [1.165, 1.54) is 18.4 Å². The fraction of sp³-hybridized carbons (Fsp3) is 0.286. The number of aromatic nitrogens is 4. The van der Waals surface area contributed by atoms with Crippen LogP contribution in [0.15, 0.2) is 47.1 Å². The molecule has 0 unspecified atom stereocenters. The van der Waals surface area contributed by atoms with Crippen molar-refractivity contribution in [2.75, 3.05) is 0 Å². The van der Waals surface area contributed by atoms with Crippen LogP contribution in [0.3, 0.4) is 0 Å². The Morgan fingerprint density at radius 2 is 1.96 bits per heavy atom. The molecule has 1 saturated carbocycles. The fourth-order valence-electron chi connectivity index (χ4n) is 3.64. The van der Waals surface area contributed by atoms with Crippen molar-refractivity contribution in [1.29, 1.82) is 0 Å². The maximum absolute atomic E-state index is 5.34. The first kappa shape index (κ1) is 15.3. The molecule has 0 spiro atoms. The predicted molar refractivity (Wildman–Crippen MR) is 100 cm³/mol. The number of rotatable bonds is 4. The number of hydrogen-bond acceptors (Lipinski definition) is 4. The van der Waals surface area contributed by atoms with Gasteiger partial charge < -0.3 is 9.09 Å². The fourth-order valence-corrected chi connectivity index (χ4v) is 3.64. The van der Waals surface area contributed by atoms with E-state index in [0.717, 1.165) is 46.1 Å². The number of hydrogen-bond donors (Lipinski definition) is 0. The summed E-state index contributed by atoms with van der Waals surface area (Å²) in [6.45, 7) is 4.72. The van der Waals surface area contributed by atoms with Crippen LogP contribution in [0, 0.1) is 13.8 Å². The second-order valence-corrected chi connectivity index (χ2v) is 7.08. The zero-order chi connectivity index (χ0) is 17.7. The summed E-state index contributed by atoms with van der Waals surface area (Å²) in [5.74, 6) is 2.54. The van der Waals surface area contributed by atoms with Gasteiger partial charge in [-0.15, -0.1) is 0 Å². The van der Waals surface area contributed by atoms with Crippen molar-refractivity contribution in [3.8, 4) is 11.1 Å². The molecule has 5 rings (SSSR count). The maximum Gasteiger partial charge on any atom is 0.177 e. The lowest BCUT2D eigenvalue weighted by atomic mass is 10.1. The molecule has 1 aromatic carbocycles. The summed E-state index contributed by atoms with van der Waals surface area (Å²) in [7, 11) is 0. The second-order valence-electron chi connectivity index (χ2n) is 7.08. The number of nitrogens with zero attached hydrogens (tertiary/aromatic N) is 4. The Kier molecular flexibility index (Phi) is 3.42. The highest BCUT2D eigenvalue weighted by Gasteiger charge is 2.30. The number of aryl methyl sites for hydroxylation is 2. The third-order valence-electron chi connectivity index (χ3n) is 5.08. The van der Waals surface area contributed by atoms with Gasteiger partial charge in [0.15, 0.2) is 5.65 Å². The lowest BCUT2D eigenvalue weighted by Crippen LogP contribution is -2.04. The maximum atomic E-state index is 5.34. The molecule has 5 nitrogen and oxygen atoms in total. The van der Waals surface area contributed by atoms with E-state index < -0.39 is 0 Å². The standard InChI is InChI=1S/C21H20N4O/c1-13-19(14(2)26-24-13)17-10-18-20(22-11-17)23-21(16-8-9-16)25(18)12-15-6-4-3-5-7-15/h3-7,10-11,16H,8-9,12H2,1-2H3. The minimum atomic E-state index is 0.565. The second kappa shape index (κ2) is 5.80. The normalized spacial score (nSPS) is 14.2. The van der Waals surface area contributed by atoms with E-state index in [1.54, 1.807) is 0 Å². The molecule has 26 heavy (non-hydrogen) atoms. The summed E-state index contributed by atoms with van der Waals surface area (Å²) in [6.07, 6.45) is 4.31. The molecule has 4 aromatic rings. The Hall–Kier alpha value is -2.95. The third-order valence-corrected chi connectivity index (χ3v) is 5.08. The zero-order valence-electron chi connectivity index (χ0n) is 14.9. The van der Waals surface area contributed by atoms with Crippen LogP contribution in [0.4, 0.5) is 0 Å². The van der Waals surface area contributed by atoms with Crippen molar-refractivity contribution in [2.24, 2.45) is 0 Å². The topological polar surface area (TPSA) is 56.7 Å². The molecule has 130 valence electrons. The van der Waals surface area contributed by atoms with Crippen LogP contribution in [-0.4, -0.2) is 19.7 Å². The summed E-state index contributed by atoms with van der Waals surface area (Å²) in [5.41, 5.74) is 6.12. The zero-order valence-corrected chi connectivity index (χ0v) is 14.9. The summed E-state index contributed by atoms with van der Waals surface area (Å²) in [5, 5.41) is 4.08. The summed E-state index contributed by atoms with van der Waals surface area (Å²) in [4.78, 5) is 9.50. The molecule has 0 radical (unpaired) electrons. The van der Waals surface area contributed by atoms with Gasteiger partial charge in [-0.05, 0) is 38.3 Å². The van der Waals surface area contributed by atoms with Crippen LogP contribution in [-0.2, 0) is 6.54 Å². The minimum absolute atomic E-state index is 0.565. The monoisotopic (exact) mass is 344 g/mol. The highest BCUT2D eigenvalue weighted by molar-refractivity contribution is 5.80. The van der Waals surface area contributed by atoms with Crippen LogP contribution in [0.2, 0.25) is 0 Å². The first-order valence-corrected chi connectivity index (χ1v) is 9.04. The first-order chi connectivity index (χ1) is 12.7. The van der Waals surface area contributed by atoms with Crippen LogP contribution < -0.4 is 0 Å². The van der Waals surface area contributed by atoms with Crippen LogP contribution >= 0.6 is 0 Å². The predicted octanol–water partition coefficient (Wildman–Crippen LogP) is 4.63. The van der Waals surface area contributed by atoms with E-state index in [2.05, 4.69) is 51.1 Å². The van der Waals surface area contributed by atoms with Gasteiger partial charge >= 0.3 is 0 Å². The smallest absolute Gasteiger partial charge is 0.177 e. The average molecular weight is 344 g/mol. The Bertz CT molecular complexity index is 1070. The Balaban J connectivity index is 1.68. The van der Waals surface area contributed by atoms with Gasteiger partial charge in [-0.1, -0.05) is 35.5 Å². The average Bonchev–Trinajstić information content (AvgIpc) is 3.37. The van der Waals surface area contributed by atoms with Gasteiger partial charge in [-0.25, -0.2) is 9.97 Å². The molecule has 1 fully saturated rings. The van der Waals surface area contributed by atoms with Crippen LogP contribution in [0.1, 0.15) is 41.6 Å². The Labute approximate surface area is 151 Å². The van der Waals surface area contributed by atoms with E-state index in [0.29, 0.717) is 5.92 Å². The van der Waals surface area contributed by atoms with Crippen molar-refractivity contribution in [3.05, 3.63) is 65.4 Å². The van der Waals surface area contributed by atoms with Gasteiger partial charge in [0.1, 0.15) is 11.6 Å². The molecule has 5 heteroatoms. The number of imidazole rings is 1. The molecule has 0 saturated heterocycles. The van der Waals surface area contributed by atoms with Gasteiger partial charge in [-0.2, -0.15) is 0 Å². The summed E-state index contributed by atoms with van der Waals surface area (Å²) in [6, 6.07) is 12.7. The minimum Gasteiger partial charge on any atom is -0.361 e. The van der Waals surface area contributed by atoms with Crippen molar-refractivity contribution in [1.82, 2.24) is 19.7 Å². The highest BCUT2D eigenvalue weighted by Crippen LogP contribution is 2.41. The molecular weight excluding hydrogens is 324 g/mol. The van der Waals surface area contributed by atoms with Crippen molar-refractivity contribution in [2.45, 2.75) is 39.2 Å². The molecule has 0 amide bonds. The van der Waals surface area contributed by atoms with Gasteiger partial charge in [0.2, 0.25) is 0 Å². The first-order valence-electron chi connectivity index (χ1n) is 9.04. The SMILES string of the molecule is Cc1noc(C)c1-c1cnc2nc(C3CC3)n(Cc3ccccc3)c2c1. The van der Waals surface area contributed by atoms with Gasteiger partial charge in [0, 0.05) is 29.8 Å². The van der Waals surface area contributed by atoms with E-state index in [-0.39, 0.29) is 0 Å². The lowest BCUT2D eigenvalue weighted by Gasteiger charge is -2.09. The molecule has 3 heterocycles. The number of fused-ring (bicyclic) bond motifs is 1. The van der Waals surface area contributed by atoms with Gasteiger partial charge in [0.25, 0.3) is 0 Å². The Morgan fingerprint density at radius 3 is 2.65 bits per heavy atom. The van der Waals surface area contributed by atoms with Gasteiger partial charge in [0.05, 0.1) is 11.2 Å². The van der Waals surface area contributed by atoms with E-state index in [4.69, 9.17) is 9.51 Å².